The van der Waals surface area contributed by atoms with E-state index in [4.69, 9.17) is 4.74 Å². The fourth-order valence-corrected chi connectivity index (χ4v) is 2.75. The minimum atomic E-state index is -1.19. The van der Waals surface area contributed by atoms with E-state index in [1.54, 1.807) is 4.98 Å². The lowest BCUT2D eigenvalue weighted by atomic mass is 10.1. The number of nitro groups is 3. The lowest BCUT2D eigenvalue weighted by molar-refractivity contribution is -0.394. The number of nitrogens with zero attached hydrogens (tertiary/aromatic N) is 3. The van der Waals surface area contributed by atoms with E-state index in [0.717, 1.165) is 18.2 Å². The zero-order valence-electron chi connectivity index (χ0n) is 16.6. The number of ether oxygens (including phenoxy) is 1. The first-order chi connectivity index (χ1) is 16.0. The number of esters is 1. The summed E-state index contributed by atoms with van der Waals surface area (Å²) in [5.41, 5.74) is -4.86. The Kier molecular flexibility index (Phi) is 6.38. The Morgan fingerprint density at radius 2 is 1.50 bits per heavy atom. The summed E-state index contributed by atoms with van der Waals surface area (Å²) in [5.74, 6) is -1.17. The van der Waals surface area contributed by atoms with Crippen LogP contribution in [0.1, 0.15) is 21.6 Å². The summed E-state index contributed by atoms with van der Waals surface area (Å²) in [7, 11) is 0. The Morgan fingerprint density at radius 3 is 2.09 bits per heavy atom. The van der Waals surface area contributed by atoms with Gasteiger partial charge in [-0.1, -0.05) is 18.2 Å². The second-order valence-corrected chi connectivity index (χ2v) is 6.48. The number of non-ortho nitro benzene ring substituents is 2. The molecule has 15 heteroatoms. The summed E-state index contributed by atoms with van der Waals surface area (Å²) in [6.07, 6.45) is 2.38. The molecule has 0 amide bonds. The van der Waals surface area contributed by atoms with E-state index in [2.05, 4.69) is 4.98 Å². The molecule has 0 unspecified atom stereocenters. The first-order valence-corrected chi connectivity index (χ1v) is 9.00. The van der Waals surface area contributed by atoms with Crippen molar-refractivity contribution in [1.29, 1.82) is 0 Å². The average Bonchev–Trinajstić information content (AvgIpc) is 2.76. The lowest BCUT2D eigenvalue weighted by Gasteiger charge is -2.05. The molecular weight excluding hydrogens is 458 g/mol. The van der Waals surface area contributed by atoms with Crippen LogP contribution < -0.4 is 16.0 Å². The minimum absolute atomic E-state index is 0.0600. The van der Waals surface area contributed by atoms with E-state index >= 15 is 0 Å². The largest absolute Gasteiger partial charge is 0.423 e. The monoisotopic (exact) mass is 469 g/mol. The molecular formula is C19H11N5O10. The molecule has 0 bridgehead atoms. The minimum Gasteiger partial charge on any atom is -0.423 e. The summed E-state index contributed by atoms with van der Waals surface area (Å²) >= 11 is 0. The van der Waals surface area contributed by atoms with Gasteiger partial charge in [0.2, 0.25) is 0 Å². The second-order valence-electron chi connectivity index (χ2n) is 6.48. The number of hydrogen-bond donors (Lipinski definition) is 2. The molecule has 2 N–H and O–H groups in total. The Balaban J connectivity index is 1.89. The molecule has 3 aromatic rings. The quantitative estimate of drug-likeness (QED) is 0.222. The first kappa shape index (κ1) is 23.2. The third-order valence-electron chi connectivity index (χ3n) is 4.20. The van der Waals surface area contributed by atoms with Gasteiger partial charge >= 0.3 is 22.9 Å². The highest BCUT2D eigenvalue weighted by atomic mass is 16.6. The number of carbonyl (C=O) groups excluding carboxylic acids is 1. The van der Waals surface area contributed by atoms with Crippen molar-refractivity contribution >= 4 is 35.2 Å². The number of benzene rings is 2. The molecule has 0 saturated heterocycles. The summed E-state index contributed by atoms with van der Waals surface area (Å²) in [4.78, 5) is 69.7. The zero-order valence-corrected chi connectivity index (χ0v) is 16.6. The molecule has 0 radical (unpaired) electrons. The molecule has 0 fully saturated rings. The van der Waals surface area contributed by atoms with Crippen molar-refractivity contribution in [2.45, 2.75) is 0 Å². The molecule has 2 aromatic carbocycles. The van der Waals surface area contributed by atoms with Crippen LogP contribution in [0.25, 0.3) is 12.2 Å². The Bertz CT molecular complexity index is 1460. The summed E-state index contributed by atoms with van der Waals surface area (Å²) in [6, 6.07) is 7.93. The van der Waals surface area contributed by atoms with Gasteiger partial charge in [-0.15, -0.1) is 0 Å². The molecule has 0 atom stereocenters. The maximum atomic E-state index is 12.4. The SMILES string of the molecule is O=C(Oc1cccc(/C=C/c2[nH]c(=O)[nH]c(=O)c2[N+](=O)[O-])c1)c1cc([N+](=O)[O-])cc([N+](=O)[O-])c1. The normalized spacial score (nSPS) is 10.7. The van der Waals surface area contributed by atoms with Gasteiger partial charge in [-0.2, -0.15) is 0 Å². The second kappa shape index (κ2) is 9.35. The van der Waals surface area contributed by atoms with E-state index in [-0.39, 0.29) is 11.4 Å². The third kappa shape index (κ3) is 5.22. The van der Waals surface area contributed by atoms with Crippen molar-refractivity contribution in [1.82, 2.24) is 9.97 Å². The molecule has 3 rings (SSSR count). The van der Waals surface area contributed by atoms with E-state index in [0.29, 0.717) is 11.6 Å². The predicted molar refractivity (Wildman–Crippen MR) is 114 cm³/mol. The molecule has 0 spiro atoms. The van der Waals surface area contributed by atoms with Crippen molar-refractivity contribution in [3.05, 3.63) is 110 Å². The van der Waals surface area contributed by atoms with Gasteiger partial charge in [-0.3, -0.25) is 40.1 Å². The molecule has 34 heavy (non-hydrogen) atoms. The van der Waals surface area contributed by atoms with Crippen molar-refractivity contribution < 1.29 is 24.3 Å². The van der Waals surface area contributed by atoms with Gasteiger partial charge in [0.05, 0.1) is 26.4 Å². The maximum Gasteiger partial charge on any atom is 0.357 e. The molecule has 0 aliphatic heterocycles. The molecule has 1 heterocycles. The smallest absolute Gasteiger partial charge is 0.357 e. The van der Waals surface area contributed by atoms with Crippen LogP contribution in [0.15, 0.2) is 52.1 Å². The maximum absolute atomic E-state index is 12.4. The molecule has 1 aromatic heterocycles. The standard InChI is InChI=1S/C19H11N5O10/c25-17-16(24(32)33)15(20-19(27)21-17)5-4-10-2-1-3-14(6-10)34-18(26)11-7-12(22(28)29)9-13(8-11)23(30)31/h1-9H,(H2,20,21,25,27)/b5-4+. The highest BCUT2D eigenvalue weighted by molar-refractivity contribution is 5.92. The fourth-order valence-electron chi connectivity index (χ4n) is 2.75. The van der Waals surface area contributed by atoms with Gasteiger partial charge in [0.15, 0.2) is 0 Å². The van der Waals surface area contributed by atoms with E-state index in [1.807, 2.05) is 0 Å². The number of hydrogen-bond acceptors (Lipinski definition) is 10. The summed E-state index contributed by atoms with van der Waals surface area (Å²) in [5, 5.41) is 33.1. The van der Waals surface area contributed by atoms with Crippen LogP contribution in [0.3, 0.4) is 0 Å². The van der Waals surface area contributed by atoms with E-state index < -0.39 is 54.6 Å². The van der Waals surface area contributed by atoms with Crippen LogP contribution in [0.2, 0.25) is 0 Å². The molecule has 172 valence electrons. The molecule has 0 aliphatic carbocycles. The Labute approximate surface area is 186 Å². The van der Waals surface area contributed by atoms with E-state index in [1.165, 1.54) is 30.3 Å². The number of nitrogens with one attached hydrogen (secondary N) is 2. The average molecular weight is 469 g/mol. The molecule has 0 aliphatic rings. The first-order valence-electron chi connectivity index (χ1n) is 9.00. The Morgan fingerprint density at radius 1 is 0.853 bits per heavy atom. The van der Waals surface area contributed by atoms with Gasteiger partial charge in [0.1, 0.15) is 11.4 Å². The third-order valence-corrected chi connectivity index (χ3v) is 4.20. The topological polar surface area (TPSA) is 221 Å². The lowest BCUT2D eigenvalue weighted by Crippen LogP contribution is -2.25. The Hall–Kier alpha value is -5.47. The summed E-state index contributed by atoms with van der Waals surface area (Å²) < 4.78 is 5.12. The van der Waals surface area contributed by atoms with Gasteiger partial charge < -0.3 is 9.72 Å². The van der Waals surface area contributed by atoms with Crippen LogP contribution in [0.4, 0.5) is 17.1 Å². The van der Waals surface area contributed by atoms with Crippen molar-refractivity contribution in [3.63, 3.8) is 0 Å². The van der Waals surface area contributed by atoms with Crippen LogP contribution in [0.5, 0.6) is 5.75 Å². The van der Waals surface area contributed by atoms with Crippen LogP contribution in [-0.2, 0) is 0 Å². The van der Waals surface area contributed by atoms with Crippen molar-refractivity contribution in [3.8, 4) is 5.75 Å². The fraction of sp³-hybridized carbons (Fsp3) is 0. The van der Waals surface area contributed by atoms with Crippen LogP contribution in [-0.4, -0.2) is 30.7 Å². The van der Waals surface area contributed by atoms with Gasteiger partial charge in [0.25, 0.3) is 11.4 Å². The van der Waals surface area contributed by atoms with E-state index in [9.17, 15) is 44.7 Å². The van der Waals surface area contributed by atoms with Crippen LogP contribution in [0, 0.1) is 30.3 Å². The van der Waals surface area contributed by atoms with Crippen LogP contribution >= 0.6 is 0 Å². The zero-order chi connectivity index (χ0) is 25.0. The highest BCUT2D eigenvalue weighted by Crippen LogP contribution is 2.24. The highest BCUT2D eigenvalue weighted by Gasteiger charge is 2.21. The summed E-state index contributed by atoms with van der Waals surface area (Å²) in [6.45, 7) is 0. The molecule has 0 saturated carbocycles. The van der Waals surface area contributed by atoms with Gasteiger partial charge in [-0.25, -0.2) is 9.59 Å². The number of H-pyrrole nitrogens is 2. The molecule has 15 nitrogen and oxygen atoms in total. The predicted octanol–water partition coefficient (Wildman–Crippen LogP) is 2.18. The number of aromatic nitrogens is 2. The van der Waals surface area contributed by atoms with Gasteiger partial charge in [-0.05, 0) is 23.8 Å². The number of nitro benzene ring substituents is 2. The number of rotatable bonds is 7. The van der Waals surface area contributed by atoms with Crippen molar-refractivity contribution in [2.24, 2.45) is 0 Å². The van der Waals surface area contributed by atoms with Crippen molar-refractivity contribution in [2.75, 3.05) is 0 Å². The number of carbonyl (C=O) groups is 1. The number of aromatic amines is 2. The van der Waals surface area contributed by atoms with Gasteiger partial charge in [0, 0.05) is 12.1 Å².